The number of nitrogen functional groups attached to an aromatic ring is 1. The second-order valence-electron chi connectivity index (χ2n) is 3.79. The Morgan fingerprint density at radius 2 is 2.00 bits per heavy atom. The number of hydrogen-bond acceptors (Lipinski definition) is 2. The van der Waals surface area contributed by atoms with Gasteiger partial charge in [-0.2, -0.15) is 0 Å². The molecule has 0 radical (unpaired) electrons. The molecule has 1 aromatic carbocycles. The van der Waals surface area contributed by atoms with Crippen LogP contribution in [-0.2, 0) is 4.79 Å². The lowest BCUT2D eigenvalue weighted by molar-refractivity contribution is -0.122. The summed E-state index contributed by atoms with van der Waals surface area (Å²) < 4.78 is 0. The fourth-order valence-corrected chi connectivity index (χ4v) is 1.72. The maximum absolute atomic E-state index is 11.3. The van der Waals surface area contributed by atoms with E-state index in [1.165, 1.54) is 0 Å². The van der Waals surface area contributed by atoms with Crippen LogP contribution in [0.25, 0.3) is 0 Å². The maximum atomic E-state index is 11.3. The molecule has 1 saturated heterocycles. The molecule has 1 aliphatic heterocycles. The van der Waals surface area contributed by atoms with Gasteiger partial charge in [0.1, 0.15) is 0 Å². The highest BCUT2D eigenvalue weighted by Crippen LogP contribution is 2.29. The van der Waals surface area contributed by atoms with Crippen molar-refractivity contribution in [1.82, 2.24) is 0 Å². The van der Waals surface area contributed by atoms with Crippen LogP contribution in [0.5, 0.6) is 0 Å². The zero-order valence-corrected chi connectivity index (χ0v) is 8.50. The molecule has 0 atom stereocenters. The third kappa shape index (κ3) is 1.25. The van der Waals surface area contributed by atoms with E-state index >= 15 is 0 Å². The Hall–Kier alpha value is -1.51. The van der Waals surface area contributed by atoms with Crippen molar-refractivity contribution in [3.8, 4) is 0 Å². The van der Waals surface area contributed by atoms with Crippen molar-refractivity contribution >= 4 is 17.3 Å². The predicted molar refractivity (Wildman–Crippen MR) is 57.3 cm³/mol. The lowest BCUT2D eigenvalue weighted by Crippen LogP contribution is -2.43. The fraction of sp³-hybridized carbons (Fsp3) is 0.364. The molecule has 74 valence electrons. The quantitative estimate of drug-likeness (QED) is 0.540. The molecule has 0 saturated carbocycles. The number of benzene rings is 1. The summed E-state index contributed by atoms with van der Waals surface area (Å²) in [6.45, 7) is 4.81. The molecule has 1 fully saturated rings. The number of carbonyl (C=O) groups is 1. The zero-order chi connectivity index (χ0) is 10.3. The summed E-state index contributed by atoms with van der Waals surface area (Å²) in [5, 5.41) is 0. The number of hydrogen-bond donors (Lipinski definition) is 1. The van der Waals surface area contributed by atoms with Crippen LogP contribution in [0.3, 0.4) is 0 Å². The van der Waals surface area contributed by atoms with Crippen LogP contribution in [0.1, 0.15) is 17.5 Å². The van der Waals surface area contributed by atoms with Crippen LogP contribution in [0.4, 0.5) is 11.4 Å². The molecule has 1 heterocycles. The van der Waals surface area contributed by atoms with Crippen molar-refractivity contribution in [2.75, 3.05) is 17.2 Å². The first-order valence-corrected chi connectivity index (χ1v) is 4.76. The van der Waals surface area contributed by atoms with E-state index < -0.39 is 0 Å². The number of carbonyl (C=O) groups excluding carboxylic acids is 1. The highest BCUT2D eigenvalue weighted by Gasteiger charge is 2.26. The average molecular weight is 190 g/mol. The van der Waals surface area contributed by atoms with Gasteiger partial charge < -0.3 is 10.6 Å². The topological polar surface area (TPSA) is 46.3 Å². The first kappa shape index (κ1) is 9.06. The summed E-state index contributed by atoms with van der Waals surface area (Å²) in [5.74, 6) is 0.191. The number of amides is 1. The first-order chi connectivity index (χ1) is 6.59. The summed E-state index contributed by atoms with van der Waals surface area (Å²) in [7, 11) is 0. The lowest BCUT2D eigenvalue weighted by atomic mass is 10.0. The molecule has 2 rings (SSSR count). The monoisotopic (exact) mass is 190 g/mol. The second kappa shape index (κ2) is 3.01. The Bertz CT molecular complexity index is 399. The van der Waals surface area contributed by atoms with Gasteiger partial charge >= 0.3 is 0 Å². The molecule has 3 nitrogen and oxygen atoms in total. The van der Waals surface area contributed by atoms with Gasteiger partial charge in [0, 0.05) is 24.3 Å². The predicted octanol–water partition coefficient (Wildman–Crippen LogP) is 1.62. The van der Waals surface area contributed by atoms with Gasteiger partial charge in [0.2, 0.25) is 5.91 Å². The minimum atomic E-state index is 0.191. The first-order valence-electron chi connectivity index (χ1n) is 4.76. The molecule has 1 aromatic rings. The molecule has 14 heavy (non-hydrogen) atoms. The summed E-state index contributed by atoms with van der Waals surface area (Å²) in [4.78, 5) is 13.0. The highest BCUT2D eigenvalue weighted by atomic mass is 16.2. The third-order valence-corrected chi connectivity index (χ3v) is 2.73. The van der Waals surface area contributed by atoms with Gasteiger partial charge in [0.25, 0.3) is 0 Å². The molecule has 1 amide bonds. The Morgan fingerprint density at radius 1 is 1.29 bits per heavy atom. The minimum Gasteiger partial charge on any atom is -0.398 e. The molecule has 0 aliphatic carbocycles. The van der Waals surface area contributed by atoms with E-state index in [1.54, 1.807) is 4.90 Å². The van der Waals surface area contributed by atoms with E-state index in [1.807, 2.05) is 26.0 Å². The van der Waals surface area contributed by atoms with Gasteiger partial charge in [-0.25, -0.2) is 0 Å². The van der Waals surface area contributed by atoms with Crippen molar-refractivity contribution in [2.24, 2.45) is 0 Å². The van der Waals surface area contributed by atoms with E-state index in [0.717, 1.165) is 29.0 Å². The van der Waals surface area contributed by atoms with E-state index in [-0.39, 0.29) is 5.91 Å². The summed E-state index contributed by atoms with van der Waals surface area (Å²) in [6, 6.07) is 3.91. The third-order valence-electron chi connectivity index (χ3n) is 2.73. The summed E-state index contributed by atoms with van der Waals surface area (Å²) in [6.07, 6.45) is 0.660. The Kier molecular flexibility index (Phi) is 1.95. The van der Waals surface area contributed by atoms with Gasteiger partial charge in [-0.1, -0.05) is 6.07 Å². The Balaban J connectivity index is 2.43. The smallest absolute Gasteiger partial charge is 0.228 e. The SMILES string of the molecule is Cc1cc(C)c(N2CCC2=O)cc1N. The van der Waals surface area contributed by atoms with Crippen molar-refractivity contribution in [3.05, 3.63) is 23.3 Å². The van der Waals surface area contributed by atoms with Gasteiger partial charge in [0.05, 0.1) is 0 Å². The van der Waals surface area contributed by atoms with E-state index in [9.17, 15) is 4.79 Å². The van der Waals surface area contributed by atoms with Gasteiger partial charge in [0.15, 0.2) is 0 Å². The van der Waals surface area contributed by atoms with Crippen molar-refractivity contribution in [3.63, 3.8) is 0 Å². The van der Waals surface area contributed by atoms with Crippen LogP contribution >= 0.6 is 0 Å². The Labute approximate surface area is 83.5 Å². The largest absolute Gasteiger partial charge is 0.398 e. The molecule has 0 unspecified atom stereocenters. The standard InChI is InChI=1S/C11H14N2O/c1-7-5-8(2)10(6-9(7)12)13-4-3-11(13)14/h5-6H,3-4,12H2,1-2H3. The van der Waals surface area contributed by atoms with Crippen LogP contribution in [0, 0.1) is 13.8 Å². The van der Waals surface area contributed by atoms with Crippen LogP contribution in [-0.4, -0.2) is 12.5 Å². The lowest BCUT2D eigenvalue weighted by Gasteiger charge is -2.32. The second-order valence-corrected chi connectivity index (χ2v) is 3.79. The summed E-state index contributed by atoms with van der Waals surface area (Å²) >= 11 is 0. The average Bonchev–Trinajstić information content (AvgIpc) is 2.12. The number of nitrogens with two attached hydrogens (primary N) is 1. The normalized spacial score (nSPS) is 15.6. The number of aryl methyl sites for hydroxylation is 2. The number of anilines is 2. The number of rotatable bonds is 1. The van der Waals surface area contributed by atoms with Crippen molar-refractivity contribution < 1.29 is 4.79 Å². The number of nitrogens with zero attached hydrogens (tertiary/aromatic N) is 1. The van der Waals surface area contributed by atoms with E-state index in [2.05, 4.69) is 0 Å². The van der Waals surface area contributed by atoms with E-state index in [4.69, 9.17) is 5.73 Å². The van der Waals surface area contributed by atoms with Crippen LogP contribution in [0.2, 0.25) is 0 Å². The molecule has 0 aromatic heterocycles. The van der Waals surface area contributed by atoms with Crippen molar-refractivity contribution in [2.45, 2.75) is 20.3 Å². The zero-order valence-electron chi connectivity index (χ0n) is 8.50. The van der Waals surface area contributed by atoms with Gasteiger partial charge in [-0.05, 0) is 31.0 Å². The molecule has 2 N–H and O–H groups in total. The fourth-order valence-electron chi connectivity index (χ4n) is 1.72. The van der Waals surface area contributed by atoms with Gasteiger partial charge in [-0.15, -0.1) is 0 Å². The Morgan fingerprint density at radius 3 is 2.50 bits per heavy atom. The summed E-state index contributed by atoms with van der Waals surface area (Å²) in [5.41, 5.74) is 9.72. The molecular formula is C11H14N2O. The minimum absolute atomic E-state index is 0.191. The molecule has 0 bridgehead atoms. The maximum Gasteiger partial charge on any atom is 0.228 e. The van der Waals surface area contributed by atoms with Crippen LogP contribution < -0.4 is 10.6 Å². The van der Waals surface area contributed by atoms with Crippen molar-refractivity contribution in [1.29, 1.82) is 0 Å². The van der Waals surface area contributed by atoms with Crippen LogP contribution in [0.15, 0.2) is 12.1 Å². The number of β-lactam (4-membered cyclic amide) rings is 1. The highest BCUT2D eigenvalue weighted by molar-refractivity contribution is 6.00. The van der Waals surface area contributed by atoms with E-state index in [0.29, 0.717) is 6.42 Å². The molecule has 0 spiro atoms. The molecule has 1 aliphatic rings. The molecule has 3 heteroatoms. The van der Waals surface area contributed by atoms with Gasteiger partial charge in [-0.3, -0.25) is 4.79 Å². The molecular weight excluding hydrogens is 176 g/mol.